The zero-order valence-electron chi connectivity index (χ0n) is 18.1. The van der Waals surface area contributed by atoms with Crippen LogP contribution in [0.5, 0.6) is 11.5 Å². The first kappa shape index (κ1) is 23.0. The maximum atomic E-state index is 13.4. The van der Waals surface area contributed by atoms with Crippen LogP contribution in [0.15, 0.2) is 41.3 Å². The number of carbonyl (C=O) groups excluding carboxylic acids is 1. The second kappa shape index (κ2) is 9.21. The van der Waals surface area contributed by atoms with Crippen LogP contribution in [0, 0.1) is 0 Å². The van der Waals surface area contributed by atoms with Gasteiger partial charge in [0.2, 0.25) is 0 Å². The zero-order chi connectivity index (χ0) is 22.8. The Hall–Kier alpha value is -2.69. The Morgan fingerprint density at radius 3 is 2.39 bits per heavy atom. The summed E-state index contributed by atoms with van der Waals surface area (Å²) < 4.78 is 35.6. The minimum absolute atomic E-state index is 0.152. The number of rotatable bonds is 8. The highest BCUT2D eigenvalue weighted by Gasteiger charge is 2.24. The molecule has 0 aliphatic rings. The highest BCUT2D eigenvalue weighted by molar-refractivity contribution is 7.91. The molecule has 10 heteroatoms. The Kier molecular flexibility index (Phi) is 6.83. The third-order valence-corrected chi connectivity index (χ3v) is 6.82. The number of hydrogen-bond donors (Lipinski definition) is 0. The van der Waals surface area contributed by atoms with Gasteiger partial charge in [0.15, 0.2) is 26.5 Å². The lowest BCUT2D eigenvalue weighted by molar-refractivity contribution is 0.0985. The molecule has 1 heterocycles. The summed E-state index contributed by atoms with van der Waals surface area (Å²) >= 11 is 1.28. The molecule has 8 nitrogen and oxygen atoms in total. The van der Waals surface area contributed by atoms with Crippen molar-refractivity contribution in [2.24, 2.45) is 0 Å². The molecule has 0 saturated carbocycles. The molecule has 0 fully saturated rings. The maximum absolute atomic E-state index is 13.4. The molecule has 0 atom stereocenters. The van der Waals surface area contributed by atoms with Crippen molar-refractivity contribution in [1.82, 2.24) is 9.88 Å². The number of ether oxygens (including phenoxy) is 2. The van der Waals surface area contributed by atoms with Crippen LogP contribution in [0.1, 0.15) is 10.4 Å². The number of hydrogen-bond acceptors (Lipinski definition) is 8. The molecule has 0 radical (unpaired) electrons. The number of aromatic nitrogens is 1. The third kappa shape index (κ3) is 4.97. The summed E-state index contributed by atoms with van der Waals surface area (Å²) in [6.07, 6.45) is 1.15. The maximum Gasteiger partial charge on any atom is 0.260 e. The molecule has 0 spiro atoms. The predicted octanol–water partition coefficient (Wildman–Crippen LogP) is 2.93. The van der Waals surface area contributed by atoms with Crippen LogP contribution in [-0.4, -0.2) is 71.9 Å². The molecule has 3 rings (SSSR count). The number of benzene rings is 2. The van der Waals surface area contributed by atoms with Crippen LogP contribution < -0.4 is 14.4 Å². The van der Waals surface area contributed by atoms with E-state index >= 15 is 0 Å². The van der Waals surface area contributed by atoms with Gasteiger partial charge >= 0.3 is 0 Å². The second-order valence-corrected chi connectivity index (χ2v) is 10.2. The number of nitrogens with zero attached hydrogens (tertiary/aromatic N) is 3. The molecule has 0 aliphatic heterocycles. The predicted molar refractivity (Wildman–Crippen MR) is 123 cm³/mol. The Balaban J connectivity index is 2.08. The molecule has 31 heavy (non-hydrogen) atoms. The van der Waals surface area contributed by atoms with Crippen molar-refractivity contribution in [1.29, 1.82) is 0 Å². The quantitative estimate of drug-likeness (QED) is 0.507. The number of sulfone groups is 1. The monoisotopic (exact) mass is 463 g/mol. The normalized spacial score (nSPS) is 11.7. The number of fused-ring (bicyclic) bond motifs is 1. The van der Waals surface area contributed by atoms with E-state index in [9.17, 15) is 13.2 Å². The average Bonchev–Trinajstić information content (AvgIpc) is 3.15. The van der Waals surface area contributed by atoms with Gasteiger partial charge in [-0.1, -0.05) is 17.4 Å². The Morgan fingerprint density at radius 2 is 1.77 bits per heavy atom. The van der Waals surface area contributed by atoms with Crippen molar-refractivity contribution in [2.45, 2.75) is 4.90 Å². The van der Waals surface area contributed by atoms with E-state index in [1.807, 2.05) is 19.0 Å². The summed E-state index contributed by atoms with van der Waals surface area (Å²) in [6.45, 7) is 0.988. The summed E-state index contributed by atoms with van der Waals surface area (Å²) in [5.41, 5.74) is 0.791. The SMILES string of the molecule is COc1ccc(C(=O)N(CCN(C)C)c2nc3c(S(C)(=O)=O)cccc3s2)cc1OC. The largest absolute Gasteiger partial charge is 0.493 e. The Labute approximate surface area is 185 Å². The summed E-state index contributed by atoms with van der Waals surface area (Å²) in [4.78, 5) is 21.7. The van der Waals surface area contributed by atoms with Crippen LogP contribution in [0.4, 0.5) is 5.13 Å². The van der Waals surface area contributed by atoms with Crippen molar-refractivity contribution >= 4 is 42.4 Å². The number of carbonyl (C=O) groups is 1. The van der Waals surface area contributed by atoms with Gasteiger partial charge < -0.3 is 14.4 Å². The molecule has 3 aromatic rings. The Bertz CT molecular complexity index is 1200. The van der Waals surface area contributed by atoms with Crippen LogP contribution >= 0.6 is 11.3 Å². The van der Waals surface area contributed by atoms with Gasteiger partial charge in [0.05, 0.1) is 23.8 Å². The van der Waals surface area contributed by atoms with Crippen LogP contribution in [0.3, 0.4) is 0 Å². The summed E-state index contributed by atoms with van der Waals surface area (Å²) in [5, 5.41) is 0.438. The lowest BCUT2D eigenvalue weighted by Crippen LogP contribution is -2.36. The van der Waals surface area contributed by atoms with Crippen LogP contribution in [0.25, 0.3) is 10.2 Å². The van der Waals surface area contributed by atoms with Gasteiger partial charge in [-0.15, -0.1) is 0 Å². The fourth-order valence-corrected chi connectivity index (χ4v) is 4.95. The summed E-state index contributed by atoms with van der Waals surface area (Å²) in [7, 11) is 3.42. The number of likely N-dealkylation sites (N-methyl/N-ethyl adjacent to an activating group) is 1. The van der Waals surface area contributed by atoms with E-state index in [1.165, 1.54) is 31.6 Å². The van der Waals surface area contributed by atoms with Gasteiger partial charge in [0.1, 0.15) is 5.52 Å². The van der Waals surface area contributed by atoms with Gasteiger partial charge in [-0.25, -0.2) is 13.4 Å². The highest BCUT2D eigenvalue weighted by atomic mass is 32.2. The molecule has 1 amide bonds. The molecule has 0 bridgehead atoms. The fraction of sp³-hybridized carbons (Fsp3) is 0.333. The smallest absolute Gasteiger partial charge is 0.260 e. The average molecular weight is 464 g/mol. The minimum Gasteiger partial charge on any atom is -0.493 e. The van der Waals surface area contributed by atoms with Gasteiger partial charge in [0, 0.05) is 24.9 Å². The minimum atomic E-state index is -3.45. The summed E-state index contributed by atoms with van der Waals surface area (Å²) in [6, 6.07) is 9.98. The van der Waals surface area contributed by atoms with E-state index in [2.05, 4.69) is 4.98 Å². The van der Waals surface area contributed by atoms with Crippen LogP contribution in [-0.2, 0) is 9.84 Å². The fourth-order valence-electron chi connectivity index (χ4n) is 3.04. The van der Waals surface area contributed by atoms with Gasteiger partial charge in [0.25, 0.3) is 5.91 Å². The van der Waals surface area contributed by atoms with E-state index in [0.717, 1.165) is 6.26 Å². The number of anilines is 1. The van der Waals surface area contributed by atoms with Gasteiger partial charge in [-0.2, -0.15) is 0 Å². The number of methoxy groups -OCH3 is 2. The van der Waals surface area contributed by atoms with E-state index < -0.39 is 9.84 Å². The summed E-state index contributed by atoms with van der Waals surface area (Å²) in [5.74, 6) is 0.712. The molecule has 0 aliphatic carbocycles. The lowest BCUT2D eigenvalue weighted by atomic mass is 10.1. The topological polar surface area (TPSA) is 89.0 Å². The third-order valence-electron chi connectivity index (χ3n) is 4.65. The molecule has 166 valence electrons. The highest BCUT2D eigenvalue weighted by Crippen LogP contribution is 2.34. The van der Waals surface area contributed by atoms with E-state index in [-0.39, 0.29) is 10.8 Å². The first-order chi connectivity index (χ1) is 14.7. The van der Waals surface area contributed by atoms with E-state index in [4.69, 9.17) is 9.47 Å². The molecule has 0 saturated heterocycles. The zero-order valence-corrected chi connectivity index (χ0v) is 19.7. The number of amides is 1. The van der Waals surface area contributed by atoms with Crippen LogP contribution in [0.2, 0.25) is 0 Å². The standard InChI is InChI=1S/C21H25N3O5S2/c1-23(2)11-12-24(20(25)14-9-10-15(28-3)16(13-14)29-4)21-22-19-17(30-21)7-6-8-18(19)31(5,26)27/h6-10,13H,11-12H2,1-5H3. The van der Waals surface area contributed by atoms with Gasteiger partial charge in [-0.05, 0) is 44.4 Å². The Morgan fingerprint density at radius 1 is 1.06 bits per heavy atom. The first-order valence-electron chi connectivity index (χ1n) is 9.44. The number of thiazole rings is 1. The van der Waals surface area contributed by atoms with E-state index in [0.29, 0.717) is 45.5 Å². The van der Waals surface area contributed by atoms with Crippen molar-refractivity contribution in [3.63, 3.8) is 0 Å². The molecule has 0 unspecified atom stereocenters. The molecular weight excluding hydrogens is 438 g/mol. The van der Waals surface area contributed by atoms with Crippen molar-refractivity contribution in [3.8, 4) is 11.5 Å². The molecule has 0 N–H and O–H groups in total. The lowest BCUT2D eigenvalue weighted by Gasteiger charge is -2.22. The molecule has 1 aromatic heterocycles. The molecule has 2 aromatic carbocycles. The number of para-hydroxylation sites is 1. The van der Waals surface area contributed by atoms with Crippen molar-refractivity contribution in [2.75, 3.05) is 52.6 Å². The molecular formula is C21H25N3O5S2. The second-order valence-electron chi connectivity index (χ2n) is 7.20. The van der Waals surface area contributed by atoms with Gasteiger partial charge in [-0.3, -0.25) is 9.69 Å². The van der Waals surface area contributed by atoms with E-state index in [1.54, 1.807) is 35.2 Å². The first-order valence-corrected chi connectivity index (χ1v) is 12.1. The van der Waals surface area contributed by atoms with Crippen molar-refractivity contribution < 1.29 is 22.7 Å². The van der Waals surface area contributed by atoms with Crippen molar-refractivity contribution in [3.05, 3.63) is 42.0 Å².